The molecule has 1 N–H and O–H groups in total. The third-order valence-electron chi connectivity index (χ3n) is 4.30. The maximum absolute atomic E-state index is 12.6. The number of methoxy groups -OCH3 is 1. The minimum Gasteiger partial charge on any atom is -0.497 e. The van der Waals surface area contributed by atoms with Gasteiger partial charge < -0.3 is 14.7 Å². The molecule has 1 aromatic carbocycles. The van der Waals surface area contributed by atoms with Crippen molar-refractivity contribution in [3.05, 3.63) is 29.8 Å². The fourth-order valence-corrected chi connectivity index (χ4v) is 2.90. The molecule has 0 bridgehead atoms. The van der Waals surface area contributed by atoms with Crippen LogP contribution in [0.4, 0.5) is 0 Å². The van der Waals surface area contributed by atoms with Gasteiger partial charge in [-0.15, -0.1) is 0 Å². The van der Waals surface area contributed by atoms with E-state index in [1.54, 1.807) is 12.0 Å². The maximum atomic E-state index is 12.6. The topological polar surface area (TPSA) is 66.8 Å². The first kappa shape index (κ1) is 15.4. The number of carbonyl (C=O) groups is 2. The number of ether oxygens (including phenoxy) is 1. The Kier molecular flexibility index (Phi) is 4.50. The van der Waals surface area contributed by atoms with Crippen molar-refractivity contribution in [1.29, 1.82) is 0 Å². The van der Waals surface area contributed by atoms with Gasteiger partial charge in [0.2, 0.25) is 5.91 Å². The van der Waals surface area contributed by atoms with Crippen LogP contribution in [-0.2, 0) is 16.1 Å². The molecule has 1 amide bonds. The van der Waals surface area contributed by atoms with Gasteiger partial charge >= 0.3 is 5.97 Å². The van der Waals surface area contributed by atoms with Gasteiger partial charge in [-0.1, -0.05) is 19.1 Å². The molecule has 1 unspecified atom stereocenters. The summed E-state index contributed by atoms with van der Waals surface area (Å²) in [6, 6.07) is 7.57. The summed E-state index contributed by atoms with van der Waals surface area (Å²) in [5, 5.41) is 9.04. The number of nitrogens with zero attached hydrogens (tertiary/aromatic N) is 1. The number of carbonyl (C=O) groups excluding carboxylic acids is 1. The summed E-state index contributed by atoms with van der Waals surface area (Å²) in [5.74, 6) is -0.167. The molecular formula is C16H21NO4. The van der Waals surface area contributed by atoms with E-state index >= 15 is 0 Å². The molecular weight excluding hydrogens is 270 g/mol. The van der Waals surface area contributed by atoms with Crippen molar-refractivity contribution in [2.75, 3.05) is 13.7 Å². The molecule has 1 aliphatic rings. The Bertz CT molecular complexity index is 526. The summed E-state index contributed by atoms with van der Waals surface area (Å²) >= 11 is 0. The highest BCUT2D eigenvalue weighted by molar-refractivity contribution is 5.88. The van der Waals surface area contributed by atoms with Gasteiger partial charge in [0.05, 0.1) is 18.9 Å². The molecule has 5 nitrogen and oxygen atoms in total. The number of amides is 1. The largest absolute Gasteiger partial charge is 0.497 e. The Balaban J connectivity index is 2.08. The van der Waals surface area contributed by atoms with Gasteiger partial charge in [-0.25, -0.2) is 0 Å². The molecule has 1 saturated heterocycles. The lowest BCUT2D eigenvalue weighted by molar-refractivity contribution is -0.147. The van der Waals surface area contributed by atoms with Gasteiger partial charge in [-0.2, -0.15) is 0 Å². The lowest BCUT2D eigenvalue weighted by Crippen LogP contribution is -2.35. The van der Waals surface area contributed by atoms with Crippen molar-refractivity contribution in [3.8, 4) is 5.75 Å². The van der Waals surface area contributed by atoms with Crippen LogP contribution < -0.4 is 4.74 Å². The van der Waals surface area contributed by atoms with Crippen molar-refractivity contribution in [3.63, 3.8) is 0 Å². The first-order chi connectivity index (χ1) is 10.0. The van der Waals surface area contributed by atoms with Gasteiger partial charge in [0.15, 0.2) is 0 Å². The van der Waals surface area contributed by atoms with Crippen LogP contribution in [0.1, 0.15) is 31.7 Å². The third kappa shape index (κ3) is 3.17. The summed E-state index contributed by atoms with van der Waals surface area (Å²) in [4.78, 5) is 25.3. The minimum atomic E-state index is -0.906. The second-order valence-corrected chi connectivity index (χ2v) is 5.53. The SMILES string of the molecule is CCC1(CC(=O)O)CCN(Cc2ccc(OC)cc2)C1=O. The van der Waals surface area contributed by atoms with Gasteiger partial charge in [0.25, 0.3) is 0 Å². The Morgan fingerprint density at radius 2 is 2.05 bits per heavy atom. The molecule has 21 heavy (non-hydrogen) atoms. The Hall–Kier alpha value is -2.04. The lowest BCUT2D eigenvalue weighted by Gasteiger charge is -2.24. The smallest absolute Gasteiger partial charge is 0.304 e. The molecule has 5 heteroatoms. The number of hydrogen-bond donors (Lipinski definition) is 1. The quantitative estimate of drug-likeness (QED) is 0.873. The van der Waals surface area contributed by atoms with E-state index in [4.69, 9.17) is 9.84 Å². The normalized spacial score (nSPS) is 21.6. The number of carboxylic acid groups (broad SMARTS) is 1. The van der Waals surface area contributed by atoms with Gasteiger partial charge in [-0.3, -0.25) is 9.59 Å². The van der Waals surface area contributed by atoms with Crippen LogP contribution in [0.2, 0.25) is 0 Å². The number of benzene rings is 1. The second kappa shape index (κ2) is 6.16. The van der Waals surface area contributed by atoms with E-state index in [1.165, 1.54) is 0 Å². The van der Waals surface area contributed by atoms with Gasteiger partial charge in [0, 0.05) is 13.1 Å². The van der Waals surface area contributed by atoms with Crippen LogP contribution >= 0.6 is 0 Å². The first-order valence-corrected chi connectivity index (χ1v) is 7.15. The van der Waals surface area contributed by atoms with Crippen LogP contribution in [-0.4, -0.2) is 35.5 Å². The second-order valence-electron chi connectivity index (χ2n) is 5.53. The van der Waals surface area contributed by atoms with E-state index in [-0.39, 0.29) is 12.3 Å². The summed E-state index contributed by atoms with van der Waals surface area (Å²) in [6.07, 6.45) is 1.10. The molecule has 0 aromatic heterocycles. The zero-order chi connectivity index (χ0) is 15.5. The first-order valence-electron chi connectivity index (χ1n) is 7.15. The summed E-state index contributed by atoms with van der Waals surface area (Å²) < 4.78 is 5.11. The minimum absolute atomic E-state index is 0.0387. The Morgan fingerprint density at radius 1 is 1.38 bits per heavy atom. The number of likely N-dealkylation sites (tertiary alicyclic amines) is 1. The highest BCUT2D eigenvalue weighted by atomic mass is 16.5. The maximum Gasteiger partial charge on any atom is 0.304 e. The van der Waals surface area contributed by atoms with Gasteiger partial charge in [0.1, 0.15) is 5.75 Å². The lowest BCUT2D eigenvalue weighted by atomic mass is 9.80. The van der Waals surface area contributed by atoms with Crippen LogP contribution in [0.15, 0.2) is 24.3 Å². The van der Waals surface area contributed by atoms with Crippen molar-refractivity contribution >= 4 is 11.9 Å². The van der Waals surface area contributed by atoms with E-state index in [9.17, 15) is 9.59 Å². The Morgan fingerprint density at radius 3 is 2.57 bits per heavy atom. The van der Waals surface area contributed by atoms with Crippen molar-refractivity contribution in [2.24, 2.45) is 5.41 Å². The van der Waals surface area contributed by atoms with E-state index in [1.807, 2.05) is 31.2 Å². The molecule has 1 heterocycles. The highest BCUT2D eigenvalue weighted by Crippen LogP contribution is 2.39. The fourth-order valence-electron chi connectivity index (χ4n) is 2.90. The average Bonchev–Trinajstić information content (AvgIpc) is 2.77. The summed E-state index contributed by atoms with van der Waals surface area (Å²) in [6.45, 7) is 3.02. The monoisotopic (exact) mass is 291 g/mol. The van der Waals surface area contributed by atoms with Crippen molar-refractivity contribution in [2.45, 2.75) is 32.7 Å². The summed E-state index contributed by atoms with van der Waals surface area (Å²) in [7, 11) is 1.61. The zero-order valence-electron chi connectivity index (χ0n) is 12.5. The van der Waals surface area contributed by atoms with E-state index in [0.29, 0.717) is 25.9 Å². The number of aliphatic carboxylic acids is 1. The predicted molar refractivity (Wildman–Crippen MR) is 78.0 cm³/mol. The molecule has 1 aliphatic heterocycles. The molecule has 0 saturated carbocycles. The molecule has 114 valence electrons. The molecule has 0 radical (unpaired) electrons. The van der Waals surface area contributed by atoms with Crippen LogP contribution in [0.5, 0.6) is 5.75 Å². The molecule has 1 fully saturated rings. The Labute approximate surface area is 124 Å². The number of carboxylic acids is 1. The van der Waals surface area contributed by atoms with Crippen LogP contribution in [0.3, 0.4) is 0 Å². The van der Waals surface area contributed by atoms with E-state index < -0.39 is 11.4 Å². The molecule has 1 atom stereocenters. The van der Waals surface area contributed by atoms with Gasteiger partial charge in [-0.05, 0) is 30.5 Å². The molecule has 2 rings (SSSR count). The molecule has 0 aliphatic carbocycles. The van der Waals surface area contributed by atoms with Crippen molar-refractivity contribution in [1.82, 2.24) is 4.90 Å². The van der Waals surface area contributed by atoms with Crippen LogP contribution in [0.25, 0.3) is 0 Å². The molecule has 1 aromatic rings. The number of hydrogen-bond acceptors (Lipinski definition) is 3. The third-order valence-corrected chi connectivity index (χ3v) is 4.30. The predicted octanol–water partition coefficient (Wildman–Crippen LogP) is 2.30. The van der Waals surface area contributed by atoms with E-state index in [2.05, 4.69) is 0 Å². The highest BCUT2D eigenvalue weighted by Gasteiger charge is 2.46. The standard InChI is InChI=1S/C16H21NO4/c1-3-16(10-14(18)19)8-9-17(15(16)20)11-12-4-6-13(21-2)7-5-12/h4-7H,3,8-11H2,1-2H3,(H,18,19). The zero-order valence-corrected chi connectivity index (χ0v) is 12.5. The van der Waals surface area contributed by atoms with Crippen molar-refractivity contribution < 1.29 is 19.4 Å². The fraction of sp³-hybridized carbons (Fsp3) is 0.500. The summed E-state index contributed by atoms with van der Waals surface area (Å²) in [5.41, 5.74) is 0.296. The number of rotatable bonds is 6. The average molecular weight is 291 g/mol. The molecule has 0 spiro atoms. The van der Waals surface area contributed by atoms with E-state index in [0.717, 1.165) is 11.3 Å². The van der Waals surface area contributed by atoms with Crippen LogP contribution in [0, 0.1) is 5.41 Å².